The molecular weight excluding hydrogens is 235 g/mol. The van der Waals surface area contributed by atoms with Crippen LogP contribution in [0.5, 0.6) is 0 Å². The van der Waals surface area contributed by atoms with Crippen molar-refractivity contribution in [2.45, 2.75) is 6.92 Å². The molecule has 0 aliphatic heterocycles. The number of carbonyl (C=O) groups is 1. The third-order valence-corrected chi connectivity index (χ3v) is 2.58. The van der Waals surface area contributed by atoms with Gasteiger partial charge in [0.15, 0.2) is 0 Å². The minimum absolute atomic E-state index is 0.0840. The molecule has 0 aliphatic rings. The van der Waals surface area contributed by atoms with Crippen molar-refractivity contribution in [1.82, 2.24) is 4.98 Å². The van der Waals surface area contributed by atoms with E-state index in [9.17, 15) is 9.18 Å². The Bertz CT molecular complexity index is 626. The van der Waals surface area contributed by atoms with E-state index in [-0.39, 0.29) is 11.4 Å². The molecule has 0 atom stereocenters. The summed E-state index contributed by atoms with van der Waals surface area (Å²) >= 11 is 0. The van der Waals surface area contributed by atoms with Crippen LogP contribution in [0.3, 0.4) is 0 Å². The summed E-state index contributed by atoms with van der Waals surface area (Å²) in [6.07, 6.45) is 1.36. The third-order valence-electron chi connectivity index (χ3n) is 2.58. The highest BCUT2D eigenvalue weighted by atomic mass is 19.1. The van der Waals surface area contributed by atoms with Gasteiger partial charge in [0.25, 0.3) is 0 Å². The zero-order chi connectivity index (χ0) is 13.3. The number of aromatic carboxylic acids is 1. The number of hydrogen-bond acceptors (Lipinski definition) is 3. The average molecular weight is 246 g/mol. The SMILES string of the molecule is Cc1ccc(F)c(-c2cnc(N)c(C(=O)O)c2)c1. The summed E-state index contributed by atoms with van der Waals surface area (Å²) in [5.41, 5.74) is 6.90. The standard InChI is InChI=1S/C13H11FN2O2/c1-7-2-3-11(14)9(4-7)8-5-10(13(17)18)12(15)16-6-8/h2-6H,1H3,(H2,15,16)(H,17,18). The molecule has 1 aromatic heterocycles. The molecule has 0 bridgehead atoms. The summed E-state index contributed by atoms with van der Waals surface area (Å²) in [7, 11) is 0. The van der Waals surface area contributed by atoms with Crippen LogP contribution in [0.2, 0.25) is 0 Å². The summed E-state index contributed by atoms with van der Waals surface area (Å²) in [5.74, 6) is -1.70. The highest BCUT2D eigenvalue weighted by Gasteiger charge is 2.13. The van der Waals surface area contributed by atoms with Crippen LogP contribution in [0.25, 0.3) is 11.1 Å². The van der Waals surface area contributed by atoms with Gasteiger partial charge in [-0.05, 0) is 25.1 Å². The number of pyridine rings is 1. The van der Waals surface area contributed by atoms with Gasteiger partial charge in [0, 0.05) is 17.3 Å². The molecule has 0 fully saturated rings. The molecule has 18 heavy (non-hydrogen) atoms. The first-order chi connectivity index (χ1) is 8.49. The maximum atomic E-state index is 13.7. The Hall–Kier alpha value is -2.43. The van der Waals surface area contributed by atoms with Gasteiger partial charge in [0.1, 0.15) is 17.2 Å². The first-order valence-corrected chi connectivity index (χ1v) is 5.24. The van der Waals surface area contributed by atoms with Gasteiger partial charge in [-0.2, -0.15) is 0 Å². The molecule has 0 aliphatic carbocycles. The van der Waals surface area contributed by atoms with E-state index < -0.39 is 11.8 Å². The number of aryl methyl sites for hydroxylation is 1. The lowest BCUT2D eigenvalue weighted by molar-refractivity contribution is 0.0697. The van der Waals surface area contributed by atoms with Crippen molar-refractivity contribution in [2.75, 3.05) is 5.73 Å². The molecule has 0 amide bonds. The molecule has 92 valence electrons. The smallest absolute Gasteiger partial charge is 0.339 e. The monoisotopic (exact) mass is 246 g/mol. The Morgan fingerprint density at radius 1 is 1.39 bits per heavy atom. The molecule has 3 N–H and O–H groups in total. The number of aromatic nitrogens is 1. The summed E-state index contributed by atoms with van der Waals surface area (Å²) < 4.78 is 13.7. The Labute approximate surface area is 103 Å². The van der Waals surface area contributed by atoms with Crippen molar-refractivity contribution in [1.29, 1.82) is 0 Å². The maximum Gasteiger partial charge on any atom is 0.339 e. The van der Waals surface area contributed by atoms with Gasteiger partial charge in [0.05, 0.1) is 0 Å². The minimum Gasteiger partial charge on any atom is -0.478 e. The fraction of sp³-hybridized carbons (Fsp3) is 0.0769. The fourth-order valence-corrected chi connectivity index (χ4v) is 1.65. The maximum absolute atomic E-state index is 13.7. The lowest BCUT2D eigenvalue weighted by Crippen LogP contribution is -2.05. The topological polar surface area (TPSA) is 76.2 Å². The average Bonchev–Trinajstić information content (AvgIpc) is 2.33. The summed E-state index contributed by atoms with van der Waals surface area (Å²) in [5, 5.41) is 8.95. The molecule has 0 radical (unpaired) electrons. The third kappa shape index (κ3) is 2.15. The van der Waals surface area contributed by atoms with E-state index in [2.05, 4.69) is 4.98 Å². The predicted octanol–water partition coefficient (Wildman–Crippen LogP) is 2.48. The number of anilines is 1. The van der Waals surface area contributed by atoms with Gasteiger partial charge in [-0.25, -0.2) is 14.2 Å². The molecule has 5 heteroatoms. The Balaban J connectivity index is 2.61. The zero-order valence-electron chi connectivity index (χ0n) is 9.64. The van der Waals surface area contributed by atoms with Crippen LogP contribution in [-0.4, -0.2) is 16.1 Å². The van der Waals surface area contributed by atoms with E-state index >= 15 is 0 Å². The van der Waals surface area contributed by atoms with Crippen LogP contribution in [-0.2, 0) is 0 Å². The number of hydrogen-bond donors (Lipinski definition) is 2. The number of nitrogens with two attached hydrogens (primary N) is 1. The van der Waals surface area contributed by atoms with Gasteiger partial charge in [-0.1, -0.05) is 11.6 Å². The number of benzene rings is 1. The normalized spacial score (nSPS) is 10.3. The van der Waals surface area contributed by atoms with Crippen LogP contribution >= 0.6 is 0 Å². The summed E-state index contributed by atoms with van der Waals surface area (Å²) in [6.45, 7) is 1.83. The largest absolute Gasteiger partial charge is 0.478 e. The minimum atomic E-state index is -1.19. The second-order valence-electron chi connectivity index (χ2n) is 3.95. The van der Waals surface area contributed by atoms with E-state index in [4.69, 9.17) is 10.8 Å². The Kier molecular flexibility index (Phi) is 2.97. The van der Waals surface area contributed by atoms with Crippen molar-refractivity contribution in [2.24, 2.45) is 0 Å². The van der Waals surface area contributed by atoms with E-state index in [1.807, 2.05) is 6.92 Å². The first-order valence-electron chi connectivity index (χ1n) is 5.24. The number of rotatable bonds is 2. The molecule has 0 saturated heterocycles. The fourth-order valence-electron chi connectivity index (χ4n) is 1.65. The second-order valence-corrected chi connectivity index (χ2v) is 3.95. The Morgan fingerprint density at radius 3 is 2.78 bits per heavy atom. The lowest BCUT2D eigenvalue weighted by atomic mass is 10.0. The van der Waals surface area contributed by atoms with Crippen LogP contribution in [0.1, 0.15) is 15.9 Å². The first kappa shape index (κ1) is 12.0. The molecule has 0 spiro atoms. The van der Waals surface area contributed by atoms with E-state index in [1.54, 1.807) is 12.1 Å². The van der Waals surface area contributed by atoms with Gasteiger partial charge in [-0.15, -0.1) is 0 Å². The number of nitrogens with zero attached hydrogens (tertiary/aromatic N) is 1. The van der Waals surface area contributed by atoms with Crippen molar-refractivity contribution in [3.63, 3.8) is 0 Å². The Morgan fingerprint density at radius 2 is 2.11 bits per heavy atom. The number of carboxylic acid groups (broad SMARTS) is 1. The van der Waals surface area contributed by atoms with Crippen LogP contribution in [0, 0.1) is 12.7 Å². The quantitative estimate of drug-likeness (QED) is 0.853. The summed E-state index contributed by atoms with van der Waals surface area (Å²) in [6, 6.07) is 5.93. The van der Waals surface area contributed by atoms with Gasteiger partial charge < -0.3 is 10.8 Å². The number of halogens is 1. The molecular formula is C13H11FN2O2. The number of nitrogen functional groups attached to an aromatic ring is 1. The van der Waals surface area contributed by atoms with Crippen molar-refractivity contribution in [3.05, 3.63) is 47.4 Å². The molecule has 1 aromatic carbocycles. The van der Waals surface area contributed by atoms with Crippen LogP contribution in [0.15, 0.2) is 30.5 Å². The van der Waals surface area contributed by atoms with E-state index in [0.717, 1.165) is 5.56 Å². The molecule has 2 aromatic rings. The summed E-state index contributed by atoms with van der Waals surface area (Å²) in [4.78, 5) is 14.7. The highest BCUT2D eigenvalue weighted by Crippen LogP contribution is 2.25. The van der Waals surface area contributed by atoms with Gasteiger partial charge >= 0.3 is 5.97 Å². The molecule has 0 saturated carbocycles. The molecule has 0 unspecified atom stereocenters. The number of carboxylic acids is 1. The van der Waals surface area contributed by atoms with E-state index in [1.165, 1.54) is 18.3 Å². The van der Waals surface area contributed by atoms with E-state index in [0.29, 0.717) is 11.1 Å². The van der Waals surface area contributed by atoms with Crippen molar-refractivity contribution in [3.8, 4) is 11.1 Å². The van der Waals surface area contributed by atoms with Gasteiger partial charge in [0.2, 0.25) is 0 Å². The van der Waals surface area contributed by atoms with Crippen molar-refractivity contribution >= 4 is 11.8 Å². The van der Waals surface area contributed by atoms with Crippen LogP contribution in [0.4, 0.5) is 10.2 Å². The van der Waals surface area contributed by atoms with Gasteiger partial charge in [-0.3, -0.25) is 0 Å². The zero-order valence-corrected chi connectivity index (χ0v) is 9.64. The second kappa shape index (κ2) is 4.44. The highest BCUT2D eigenvalue weighted by molar-refractivity contribution is 5.94. The predicted molar refractivity (Wildman–Crippen MR) is 65.7 cm³/mol. The lowest BCUT2D eigenvalue weighted by Gasteiger charge is -2.07. The molecule has 1 heterocycles. The molecule has 2 rings (SSSR count). The van der Waals surface area contributed by atoms with Crippen molar-refractivity contribution < 1.29 is 14.3 Å². The molecule has 4 nitrogen and oxygen atoms in total. The van der Waals surface area contributed by atoms with Crippen LogP contribution < -0.4 is 5.73 Å².